The molecule has 0 spiro atoms. The van der Waals surface area contributed by atoms with E-state index >= 15 is 0 Å². The Morgan fingerprint density at radius 2 is 2.12 bits per heavy atom. The number of hydrogen-bond acceptors (Lipinski definition) is 7. The van der Waals surface area contributed by atoms with Gasteiger partial charge in [-0.3, -0.25) is 9.69 Å². The van der Waals surface area contributed by atoms with Gasteiger partial charge in [0.2, 0.25) is 11.8 Å². The van der Waals surface area contributed by atoms with E-state index in [1.54, 1.807) is 0 Å². The summed E-state index contributed by atoms with van der Waals surface area (Å²) in [5, 5.41) is 7.25. The molecule has 140 valence electrons. The van der Waals surface area contributed by atoms with E-state index in [0.717, 1.165) is 38.6 Å². The summed E-state index contributed by atoms with van der Waals surface area (Å²) in [7, 11) is 0. The Labute approximate surface area is 148 Å². The summed E-state index contributed by atoms with van der Waals surface area (Å²) >= 11 is 0. The lowest BCUT2D eigenvalue weighted by Gasteiger charge is -2.34. The van der Waals surface area contributed by atoms with Crippen LogP contribution in [0.25, 0.3) is 0 Å². The summed E-state index contributed by atoms with van der Waals surface area (Å²) in [5.74, 6) is 2.19. The molecule has 25 heavy (non-hydrogen) atoms. The van der Waals surface area contributed by atoms with Crippen molar-refractivity contribution >= 4 is 5.91 Å². The third-order valence-electron chi connectivity index (χ3n) is 4.75. The van der Waals surface area contributed by atoms with Crippen molar-refractivity contribution in [1.82, 2.24) is 25.3 Å². The van der Waals surface area contributed by atoms with Crippen molar-refractivity contribution in [2.75, 3.05) is 45.9 Å². The molecule has 3 rings (SSSR count). The highest BCUT2D eigenvalue weighted by atomic mass is 16.5. The standard InChI is InChI=1S/C17H29N5O3/c1-3-24-13(2)17-19-15(25-20-17)12-21-6-8-22(9-7-21)16(23)11-18-10-14-4-5-14/h13-14,18H,3-12H2,1-2H3. The molecule has 1 saturated carbocycles. The van der Waals surface area contributed by atoms with Crippen molar-refractivity contribution in [3.8, 4) is 0 Å². The fraction of sp³-hybridized carbons (Fsp3) is 0.824. The first kappa shape index (κ1) is 18.3. The van der Waals surface area contributed by atoms with E-state index in [4.69, 9.17) is 9.26 Å². The third kappa shape index (κ3) is 5.49. The van der Waals surface area contributed by atoms with Gasteiger partial charge in [-0.25, -0.2) is 0 Å². The van der Waals surface area contributed by atoms with Gasteiger partial charge in [-0.2, -0.15) is 4.98 Å². The number of rotatable bonds is 9. The molecule has 1 aliphatic heterocycles. The molecule has 1 unspecified atom stereocenters. The predicted octanol–water partition coefficient (Wildman–Crippen LogP) is 0.811. The van der Waals surface area contributed by atoms with Crippen molar-refractivity contribution in [3.05, 3.63) is 11.7 Å². The van der Waals surface area contributed by atoms with Crippen LogP contribution in [0.3, 0.4) is 0 Å². The van der Waals surface area contributed by atoms with Gasteiger partial charge in [-0.05, 0) is 39.2 Å². The molecule has 1 aliphatic carbocycles. The Balaban J connectivity index is 1.37. The molecule has 1 aromatic rings. The molecular weight excluding hydrogens is 322 g/mol. The number of carbonyl (C=O) groups is 1. The Hall–Kier alpha value is -1.51. The van der Waals surface area contributed by atoms with E-state index in [9.17, 15) is 4.79 Å². The Kier molecular flexibility index (Phi) is 6.39. The number of nitrogens with zero attached hydrogens (tertiary/aromatic N) is 4. The molecule has 1 atom stereocenters. The summed E-state index contributed by atoms with van der Waals surface area (Å²) in [6, 6.07) is 0. The number of amides is 1. The van der Waals surface area contributed by atoms with Crippen molar-refractivity contribution < 1.29 is 14.1 Å². The van der Waals surface area contributed by atoms with Gasteiger partial charge in [0.05, 0.1) is 13.1 Å². The lowest BCUT2D eigenvalue weighted by Crippen LogP contribution is -2.50. The van der Waals surface area contributed by atoms with Crippen molar-refractivity contribution in [2.45, 2.75) is 39.3 Å². The maximum Gasteiger partial charge on any atom is 0.240 e. The van der Waals surface area contributed by atoms with Crippen LogP contribution in [0.2, 0.25) is 0 Å². The molecule has 2 fully saturated rings. The molecule has 0 aromatic carbocycles. The largest absolute Gasteiger partial charge is 0.371 e. The number of hydrogen-bond donors (Lipinski definition) is 1. The lowest BCUT2D eigenvalue weighted by atomic mass is 10.3. The molecule has 1 amide bonds. The zero-order valence-corrected chi connectivity index (χ0v) is 15.2. The van der Waals surface area contributed by atoms with Gasteiger partial charge in [0.25, 0.3) is 0 Å². The second-order valence-corrected chi connectivity index (χ2v) is 6.88. The Bertz CT molecular complexity index is 552. The molecule has 2 heterocycles. The predicted molar refractivity (Wildman–Crippen MR) is 91.8 cm³/mol. The topological polar surface area (TPSA) is 83.7 Å². The van der Waals surface area contributed by atoms with Gasteiger partial charge >= 0.3 is 0 Å². The van der Waals surface area contributed by atoms with Gasteiger partial charge in [0.15, 0.2) is 5.82 Å². The van der Waals surface area contributed by atoms with Crippen molar-refractivity contribution in [3.63, 3.8) is 0 Å². The van der Waals surface area contributed by atoms with Crippen LogP contribution in [-0.4, -0.2) is 71.7 Å². The highest BCUT2D eigenvalue weighted by molar-refractivity contribution is 5.78. The first-order valence-corrected chi connectivity index (χ1v) is 9.30. The molecule has 1 saturated heterocycles. The summed E-state index contributed by atoms with van der Waals surface area (Å²) in [4.78, 5) is 20.8. The lowest BCUT2D eigenvalue weighted by molar-refractivity contribution is -0.132. The first-order chi connectivity index (χ1) is 12.2. The molecule has 0 radical (unpaired) electrons. The quantitative estimate of drug-likeness (QED) is 0.705. The minimum Gasteiger partial charge on any atom is -0.371 e. The van der Waals surface area contributed by atoms with Crippen LogP contribution in [0.1, 0.15) is 44.5 Å². The van der Waals surface area contributed by atoms with Gasteiger partial charge in [-0.15, -0.1) is 0 Å². The van der Waals surface area contributed by atoms with Gasteiger partial charge in [0, 0.05) is 32.8 Å². The van der Waals surface area contributed by atoms with Gasteiger partial charge < -0.3 is 19.5 Å². The van der Waals surface area contributed by atoms with Crippen LogP contribution in [0, 0.1) is 5.92 Å². The van der Waals surface area contributed by atoms with E-state index in [-0.39, 0.29) is 12.0 Å². The second kappa shape index (κ2) is 8.73. The molecule has 1 N–H and O–H groups in total. The number of piperazine rings is 1. The zero-order chi connectivity index (χ0) is 17.6. The number of nitrogens with one attached hydrogen (secondary N) is 1. The van der Waals surface area contributed by atoms with Gasteiger partial charge in [-0.1, -0.05) is 5.16 Å². The molecular formula is C17H29N5O3. The zero-order valence-electron chi connectivity index (χ0n) is 15.2. The average molecular weight is 351 g/mol. The van der Waals surface area contributed by atoms with E-state index in [0.29, 0.717) is 31.4 Å². The fourth-order valence-electron chi connectivity index (χ4n) is 2.99. The van der Waals surface area contributed by atoms with Crippen LogP contribution < -0.4 is 5.32 Å². The maximum atomic E-state index is 12.2. The van der Waals surface area contributed by atoms with Crippen molar-refractivity contribution in [2.24, 2.45) is 5.92 Å². The Morgan fingerprint density at radius 1 is 1.36 bits per heavy atom. The normalized spacial score (nSPS) is 20.0. The summed E-state index contributed by atoms with van der Waals surface area (Å²) in [5.41, 5.74) is 0. The number of aromatic nitrogens is 2. The smallest absolute Gasteiger partial charge is 0.240 e. The molecule has 0 bridgehead atoms. The van der Waals surface area contributed by atoms with Gasteiger partial charge in [0.1, 0.15) is 6.10 Å². The highest BCUT2D eigenvalue weighted by Gasteiger charge is 2.24. The molecule has 8 heteroatoms. The minimum absolute atomic E-state index is 0.153. The van der Waals surface area contributed by atoms with Crippen LogP contribution in [0.4, 0.5) is 0 Å². The van der Waals surface area contributed by atoms with Crippen LogP contribution >= 0.6 is 0 Å². The van der Waals surface area contributed by atoms with E-state index in [1.165, 1.54) is 12.8 Å². The van der Waals surface area contributed by atoms with E-state index in [1.807, 2.05) is 18.7 Å². The minimum atomic E-state index is -0.153. The number of ether oxygens (including phenoxy) is 1. The molecule has 2 aliphatic rings. The number of carbonyl (C=O) groups excluding carboxylic acids is 1. The summed E-state index contributed by atoms with van der Waals surface area (Å²) in [6.07, 6.45) is 2.46. The fourth-order valence-corrected chi connectivity index (χ4v) is 2.99. The first-order valence-electron chi connectivity index (χ1n) is 9.30. The summed E-state index contributed by atoms with van der Waals surface area (Å²) < 4.78 is 10.8. The van der Waals surface area contributed by atoms with Crippen molar-refractivity contribution in [1.29, 1.82) is 0 Å². The van der Waals surface area contributed by atoms with E-state index < -0.39 is 0 Å². The monoisotopic (exact) mass is 351 g/mol. The molecule has 8 nitrogen and oxygen atoms in total. The summed E-state index contributed by atoms with van der Waals surface area (Å²) in [6.45, 7) is 9.69. The van der Waals surface area contributed by atoms with E-state index in [2.05, 4.69) is 20.4 Å². The Morgan fingerprint density at radius 3 is 2.80 bits per heavy atom. The SMILES string of the molecule is CCOC(C)c1noc(CN2CCN(C(=O)CNCC3CC3)CC2)n1. The molecule has 1 aromatic heterocycles. The maximum absolute atomic E-state index is 12.2. The second-order valence-electron chi connectivity index (χ2n) is 6.88. The average Bonchev–Trinajstić information content (AvgIpc) is 3.32. The highest BCUT2D eigenvalue weighted by Crippen LogP contribution is 2.27. The third-order valence-corrected chi connectivity index (χ3v) is 4.75. The van der Waals surface area contributed by atoms with Crippen LogP contribution in [0.15, 0.2) is 4.52 Å². The van der Waals surface area contributed by atoms with Crippen LogP contribution in [0.5, 0.6) is 0 Å². The van der Waals surface area contributed by atoms with Crippen LogP contribution in [-0.2, 0) is 16.1 Å².